The molecule has 0 aliphatic rings. The average Bonchev–Trinajstić information content (AvgIpc) is 2.46. The first-order valence-electron chi connectivity index (χ1n) is 6.08. The Labute approximate surface area is 136 Å². The minimum absolute atomic E-state index is 0. The summed E-state index contributed by atoms with van der Waals surface area (Å²) in [5.74, 6) is 1.48. The van der Waals surface area contributed by atoms with Gasteiger partial charge >= 0.3 is 0 Å². The standard InChI is InChI=1S/C16H18NO2.HI/c1-17-10-8-13(9-11-17)4-5-14-6-7-15(18-2)16(12-14)19-3;/h4-12H,1-3H3;1H/q+1;/p-1/b5-4-;. The molecular formula is C16H18INO2. The second-order valence-corrected chi connectivity index (χ2v) is 4.24. The Hall–Kier alpha value is -1.56. The molecule has 1 heterocycles. The number of ether oxygens (including phenoxy) is 2. The predicted octanol–water partition coefficient (Wildman–Crippen LogP) is -0.297. The molecule has 1 aromatic heterocycles. The van der Waals surface area contributed by atoms with Crippen LogP contribution in [0.25, 0.3) is 12.2 Å². The van der Waals surface area contributed by atoms with Gasteiger partial charge in [-0.25, -0.2) is 4.57 Å². The average molecular weight is 383 g/mol. The monoisotopic (exact) mass is 383 g/mol. The predicted molar refractivity (Wildman–Crippen MR) is 76.1 cm³/mol. The quantitative estimate of drug-likeness (QED) is 0.535. The lowest BCUT2D eigenvalue weighted by molar-refractivity contribution is -0.671. The molecule has 0 saturated heterocycles. The van der Waals surface area contributed by atoms with E-state index in [4.69, 9.17) is 9.47 Å². The number of pyridine rings is 1. The van der Waals surface area contributed by atoms with E-state index in [0.29, 0.717) is 0 Å². The Morgan fingerprint density at radius 2 is 1.45 bits per heavy atom. The summed E-state index contributed by atoms with van der Waals surface area (Å²) >= 11 is 0. The van der Waals surface area contributed by atoms with E-state index in [1.807, 2.05) is 42.2 Å². The van der Waals surface area contributed by atoms with Gasteiger partial charge in [0.1, 0.15) is 7.05 Å². The van der Waals surface area contributed by atoms with Gasteiger partial charge in [0.25, 0.3) is 0 Å². The van der Waals surface area contributed by atoms with Crippen molar-refractivity contribution in [3.05, 3.63) is 53.9 Å². The van der Waals surface area contributed by atoms with Crippen LogP contribution in [0.4, 0.5) is 0 Å². The van der Waals surface area contributed by atoms with Crippen molar-refractivity contribution in [2.75, 3.05) is 14.2 Å². The number of rotatable bonds is 4. The zero-order valence-corrected chi connectivity index (χ0v) is 14.0. The lowest BCUT2D eigenvalue weighted by atomic mass is 10.1. The van der Waals surface area contributed by atoms with Gasteiger partial charge in [0, 0.05) is 12.1 Å². The van der Waals surface area contributed by atoms with E-state index in [1.54, 1.807) is 14.2 Å². The van der Waals surface area contributed by atoms with Crippen molar-refractivity contribution in [3.63, 3.8) is 0 Å². The highest BCUT2D eigenvalue weighted by Gasteiger charge is 2.02. The summed E-state index contributed by atoms with van der Waals surface area (Å²) in [5, 5.41) is 0. The summed E-state index contributed by atoms with van der Waals surface area (Å²) < 4.78 is 12.5. The van der Waals surface area contributed by atoms with Crippen molar-refractivity contribution in [2.45, 2.75) is 0 Å². The van der Waals surface area contributed by atoms with E-state index >= 15 is 0 Å². The molecule has 0 bridgehead atoms. The molecule has 3 nitrogen and oxygen atoms in total. The molecule has 0 N–H and O–H groups in total. The van der Waals surface area contributed by atoms with Crippen LogP contribution in [-0.4, -0.2) is 14.2 Å². The van der Waals surface area contributed by atoms with E-state index in [1.165, 1.54) is 0 Å². The van der Waals surface area contributed by atoms with Crippen LogP contribution in [-0.2, 0) is 7.05 Å². The molecule has 2 aromatic rings. The fourth-order valence-electron chi connectivity index (χ4n) is 1.77. The Kier molecular flexibility index (Phi) is 6.51. The highest BCUT2D eigenvalue weighted by Crippen LogP contribution is 2.28. The third kappa shape index (κ3) is 4.23. The maximum Gasteiger partial charge on any atom is 0.169 e. The maximum absolute atomic E-state index is 5.28. The third-order valence-corrected chi connectivity index (χ3v) is 2.88. The van der Waals surface area contributed by atoms with Gasteiger partial charge < -0.3 is 33.5 Å². The molecule has 0 fully saturated rings. The second kappa shape index (κ2) is 7.89. The van der Waals surface area contributed by atoms with Gasteiger partial charge in [-0.2, -0.15) is 0 Å². The molecule has 106 valence electrons. The molecule has 0 aliphatic heterocycles. The Balaban J connectivity index is 0.00000200. The van der Waals surface area contributed by atoms with Crippen LogP contribution in [0.3, 0.4) is 0 Å². The Bertz CT molecular complexity index is 580. The van der Waals surface area contributed by atoms with Gasteiger partial charge in [-0.15, -0.1) is 0 Å². The third-order valence-electron chi connectivity index (χ3n) is 2.88. The highest BCUT2D eigenvalue weighted by atomic mass is 127. The molecule has 2 rings (SSSR count). The fourth-order valence-corrected chi connectivity index (χ4v) is 1.77. The minimum Gasteiger partial charge on any atom is -1.00 e. The summed E-state index contributed by atoms with van der Waals surface area (Å²) in [6, 6.07) is 10.00. The smallest absolute Gasteiger partial charge is 0.169 e. The van der Waals surface area contributed by atoms with Crippen LogP contribution >= 0.6 is 0 Å². The molecule has 0 amide bonds. The summed E-state index contributed by atoms with van der Waals surface area (Å²) in [4.78, 5) is 0. The Morgan fingerprint density at radius 1 is 0.850 bits per heavy atom. The van der Waals surface area contributed by atoms with Crippen LogP contribution in [0.15, 0.2) is 42.7 Å². The van der Waals surface area contributed by atoms with Crippen molar-refractivity contribution < 1.29 is 38.0 Å². The second-order valence-electron chi connectivity index (χ2n) is 4.24. The molecule has 0 saturated carbocycles. The molecule has 0 unspecified atom stereocenters. The molecule has 1 aromatic carbocycles. The minimum atomic E-state index is 0. The molecular weight excluding hydrogens is 365 g/mol. The van der Waals surface area contributed by atoms with Crippen molar-refractivity contribution in [1.29, 1.82) is 0 Å². The summed E-state index contributed by atoms with van der Waals surface area (Å²) in [6.45, 7) is 0. The molecule has 0 atom stereocenters. The van der Waals surface area contributed by atoms with Crippen LogP contribution in [0.1, 0.15) is 11.1 Å². The van der Waals surface area contributed by atoms with E-state index < -0.39 is 0 Å². The zero-order valence-electron chi connectivity index (χ0n) is 11.8. The van der Waals surface area contributed by atoms with E-state index in [0.717, 1.165) is 22.6 Å². The summed E-state index contributed by atoms with van der Waals surface area (Å²) in [5.41, 5.74) is 2.23. The van der Waals surface area contributed by atoms with Crippen molar-refractivity contribution >= 4 is 12.2 Å². The lowest BCUT2D eigenvalue weighted by Gasteiger charge is -2.07. The van der Waals surface area contributed by atoms with Crippen LogP contribution in [0, 0.1) is 0 Å². The van der Waals surface area contributed by atoms with Crippen molar-refractivity contribution in [2.24, 2.45) is 7.05 Å². The lowest BCUT2D eigenvalue weighted by Crippen LogP contribution is -3.00. The number of aromatic nitrogens is 1. The van der Waals surface area contributed by atoms with E-state index in [9.17, 15) is 0 Å². The maximum atomic E-state index is 5.28. The molecule has 0 radical (unpaired) electrons. The first kappa shape index (κ1) is 16.5. The first-order valence-corrected chi connectivity index (χ1v) is 6.08. The molecule has 0 spiro atoms. The number of benzene rings is 1. The number of nitrogens with zero attached hydrogens (tertiary/aromatic N) is 1. The van der Waals surface area contributed by atoms with Crippen LogP contribution in [0.5, 0.6) is 11.5 Å². The van der Waals surface area contributed by atoms with Gasteiger partial charge in [-0.3, -0.25) is 0 Å². The van der Waals surface area contributed by atoms with Gasteiger partial charge in [0.2, 0.25) is 0 Å². The number of halogens is 1. The number of aryl methyl sites for hydroxylation is 1. The van der Waals surface area contributed by atoms with Gasteiger partial charge in [-0.1, -0.05) is 18.2 Å². The number of hydrogen-bond acceptors (Lipinski definition) is 2. The highest BCUT2D eigenvalue weighted by molar-refractivity contribution is 5.70. The Morgan fingerprint density at radius 3 is 2.05 bits per heavy atom. The van der Waals surface area contributed by atoms with Gasteiger partial charge in [0.15, 0.2) is 23.9 Å². The summed E-state index contributed by atoms with van der Waals surface area (Å²) in [6.07, 6.45) is 8.17. The summed E-state index contributed by atoms with van der Waals surface area (Å²) in [7, 11) is 5.28. The molecule has 20 heavy (non-hydrogen) atoms. The van der Waals surface area contributed by atoms with Gasteiger partial charge in [-0.05, 0) is 23.3 Å². The molecule has 0 aliphatic carbocycles. The van der Waals surface area contributed by atoms with E-state index in [-0.39, 0.29) is 24.0 Å². The zero-order chi connectivity index (χ0) is 13.7. The topological polar surface area (TPSA) is 22.3 Å². The number of methoxy groups -OCH3 is 2. The fraction of sp³-hybridized carbons (Fsp3) is 0.188. The first-order chi connectivity index (χ1) is 9.22. The SMILES string of the molecule is COc1ccc(/C=C\c2cc[n+](C)cc2)cc1OC.[I-]. The largest absolute Gasteiger partial charge is 1.00 e. The van der Waals surface area contributed by atoms with Crippen LogP contribution < -0.4 is 38.0 Å². The van der Waals surface area contributed by atoms with Crippen LogP contribution in [0.2, 0.25) is 0 Å². The normalized spacial score (nSPS) is 10.2. The van der Waals surface area contributed by atoms with Crippen molar-refractivity contribution in [1.82, 2.24) is 0 Å². The van der Waals surface area contributed by atoms with Gasteiger partial charge in [0.05, 0.1) is 14.2 Å². The van der Waals surface area contributed by atoms with E-state index in [2.05, 4.69) is 24.3 Å². The van der Waals surface area contributed by atoms with Crippen molar-refractivity contribution in [3.8, 4) is 11.5 Å². The molecule has 4 heteroatoms. The number of hydrogen-bond donors (Lipinski definition) is 0.